The Balaban J connectivity index is 1.67. The normalized spacial score (nSPS) is 20.1. The molecule has 0 aromatic heterocycles. The molecule has 0 saturated heterocycles. The predicted molar refractivity (Wildman–Crippen MR) is 93.4 cm³/mol. The van der Waals surface area contributed by atoms with Crippen molar-refractivity contribution < 1.29 is 13.2 Å². The number of carbonyl (C=O) groups excluding carboxylic acids is 1. The van der Waals surface area contributed by atoms with Gasteiger partial charge in [-0.3, -0.25) is 9.10 Å². The summed E-state index contributed by atoms with van der Waals surface area (Å²) < 4.78 is 26.9. The average molecular weight is 355 g/mol. The Morgan fingerprint density at radius 3 is 2.64 bits per heavy atom. The summed E-state index contributed by atoms with van der Waals surface area (Å²) in [7, 11) is -3.77. The zero-order valence-corrected chi connectivity index (χ0v) is 14.5. The van der Waals surface area contributed by atoms with Crippen LogP contribution >= 0.6 is 0 Å². The first kappa shape index (κ1) is 15.9. The highest BCUT2D eigenvalue weighted by Gasteiger charge is 2.44. The van der Waals surface area contributed by atoms with Crippen molar-refractivity contribution in [3.05, 3.63) is 36.4 Å². The van der Waals surface area contributed by atoms with E-state index in [0.717, 1.165) is 22.5 Å². The third-order valence-electron chi connectivity index (χ3n) is 4.99. The van der Waals surface area contributed by atoms with Gasteiger partial charge in [0.15, 0.2) is 0 Å². The Bertz CT molecular complexity index is 1030. The minimum atomic E-state index is -3.77. The van der Waals surface area contributed by atoms with E-state index < -0.39 is 21.5 Å². The maximum absolute atomic E-state index is 12.9. The summed E-state index contributed by atoms with van der Waals surface area (Å²) in [5.74, 6) is -0.332. The van der Waals surface area contributed by atoms with Gasteiger partial charge in [0.2, 0.25) is 5.91 Å². The third-order valence-corrected chi connectivity index (χ3v) is 6.80. The standard InChI is InChI=1S/C18H17N3O3S/c1-18(11-19,13-8-9-13)20-16(22)10-21-14-6-2-4-12-5-3-7-15(17(12)14)25(21,23)24/h2-7,13H,8-10H2,1H3,(H,20,22)/t18-/m1/s1. The van der Waals surface area contributed by atoms with Gasteiger partial charge in [0.05, 0.1) is 16.7 Å². The van der Waals surface area contributed by atoms with Crippen LogP contribution in [0.3, 0.4) is 0 Å². The van der Waals surface area contributed by atoms with Crippen molar-refractivity contribution in [3.63, 3.8) is 0 Å². The van der Waals surface area contributed by atoms with Crippen LogP contribution in [-0.4, -0.2) is 26.4 Å². The fourth-order valence-corrected chi connectivity index (χ4v) is 5.14. The van der Waals surface area contributed by atoms with E-state index in [2.05, 4.69) is 11.4 Å². The maximum atomic E-state index is 12.9. The summed E-state index contributed by atoms with van der Waals surface area (Å²) in [5.41, 5.74) is -0.437. The lowest BCUT2D eigenvalue weighted by atomic mass is 9.98. The fraction of sp³-hybridized carbons (Fsp3) is 0.333. The highest BCUT2D eigenvalue weighted by molar-refractivity contribution is 7.93. The Morgan fingerprint density at radius 1 is 1.32 bits per heavy atom. The maximum Gasteiger partial charge on any atom is 0.265 e. The smallest absolute Gasteiger partial charge is 0.265 e. The number of nitrogens with zero attached hydrogens (tertiary/aromatic N) is 2. The summed E-state index contributed by atoms with van der Waals surface area (Å²) >= 11 is 0. The number of benzene rings is 2. The van der Waals surface area contributed by atoms with Gasteiger partial charge in [-0.25, -0.2) is 8.42 Å². The molecule has 1 aliphatic heterocycles. The number of amides is 1. The van der Waals surface area contributed by atoms with Crippen LogP contribution in [-0.2, 0) is 14.8 Å². The first-order valence-corrected chi connectivity index (χ1v) is 9.57. The molecule has 1 aliphatic carbocycles. The highest BCUT2D eigenvalue weighted by Crippen LogP contribution is 2.42. The molecule has 1 amide bonds. The molecule has 2 aromatic carbocycles. The van der Waals surface area contributed by atoms with Crippen LogP contribution in [0, 0.1) is 17.2 Å². The lowest BCUT2D eigenvalue weighted by molar-refractivity contribution is -0.121. The summed E-state index contributed by atoms with van der Waals surface area (Å²) in [4.78, 5) is 12.7. The molecule has 1 fully saturated rings. The second kappa shape index (κ2) is 5.20. The van der Waals surface area contributed by atoms with Crippen molar-refractivity contribution in [2.75, 3.05) is 10.8 Å². The minimum Gasteiger partial charge on any atom is -0.336 e. The molecule has 0 radical (unpaired) electrons. The van der Waals surface area contributed by atoms with Crippen LogP contribution in [0.15, 0.2) is 41.3 Å². The number of carbonyl (C=O) groups is 1. The van der Waals surface area contributed by atoms with Crippen LogP contribution in [0.4, 0.5) is 5.69 Å². The van der Waals surface area contributed by atoms with E-state index in [1.165, 1.54) is 0 Å². The van der Waals surface area contributed by atoms with E-state index >= 15 is 0 Å². The fourth-order valence-electron chi connectivity index (χ4n) is 3.47. The van der Waals surface area contributed by atoms with Crippen molar-refractivity contribution in [2.45, 2.75) is 30.2 Å². The summed E-state index contributed by atoms with van der Waals surface area (Å²) in [6.07, 6.45) is 1.80. The molecular formula is C18H17N3O3S. The van der Waals surface area contributed by atoms with E-state index in [1.54, 1.807) is 31.2 Å². The van der Waals surface area contributed by atoms with E-state index in [9.17, 15) is 18.5 Å². The molecule has 0 spiro atoms. The number of rotatable bonds is 4. The summed E-state index contributed by atoms with van der Waals surface area (Å²) in [5, 5.41) is 13.6. The third kappa shape index (κ3) is 2.36. The molecule has 7 heteroatoms. The van der Waals surface area contributed by atoms with Gasteiger partial charge < -0.3 is 5.32 Å². The Kier molecular flexibility index (Phi) is 3.31. The quantitative estimate of drug-likeness (QED) is 0.910. The number of hydrogen-bond donors (Lipinski definition) is 1. The Hall–Kier alpha value is -2.59. The zero-order valence-electron chi connectivity index (χ0n) is 13.7. The SMILES string of the molecule is C[C@](C#N)(NC(=O)CN1c2cccc3cccc(c23)S1(=O)=O)C1CC1. The number of nitrogens with one attached hydrogen (secondary N) is 1. The summed E-state index contributed by atoms with van der Waals surface area (Å²) in [6, 6.07) is 12.6. The van der Waals surface area contributed by atoms with Crippen molar-refractivity contribution in [1.29, 1.82) is 5.26 Å². The predicted octanol–water partition coefficient (Wildman–Crippen LogP) is 2.16. The zero-order chi connectivity index (χ0) is 17.8. The van der Waals surface area contributed by atoms with Crippen LogP contribution in [0.2, 0.25) is 0 Å². The minimum absolute atomic E-state index is 0.136. The lowest BCUT2D eigenvalue weighted by Gasteiger charge is -2.25. The van der Waals surface area contributed by atoms with E-state index in [1.807, 2.05) is 12.1 Å². The number of hydrogen-bond acceptors (Lipinski definition) is 4. The van der Waals surface area contributed by atoms with Crippen LogP contribution in [0.5, 0.6) is 0 Å². The summed E-state index contributed by atoms with van der Waals surface area (Å²) in [6.45, 7) is 1.36. The molecule has 1 N–H and O–H groups in total. The van der Waals surface area contributed by atoms with Gasteiger partial charge in [0, 0.05) is 5.39 Å². The largest absolute Gasteiger partial charge is 0.336 e. The average Bonchev–Trinajstić information content (AvgIpc) is 3.41. The molecule has 2 aromatic rings. The molecular weight excluding hydrogens is 338 g/mol. The molecule has 0 unspecified atom stereocenters. The van der Waals surface area contributed by atoms with Gasteiger partial charge >= 0.3 is 0 Å². The van der Waals surface area contributed by atoms with Gasteiger partial charge in [0.1, 0.15) is 12.1 Å². The number of sulfonamides is 1. The van der Waals surface area contributed by atoms with Gasteiger partial charge in [-0.1, -0.05) is 24.3 Å². The molecule has 1 atom stereocenters. The lowest BCUT2D eigenvalue weighted by Crippen LogP contribution is -2.50. The Labute approximate surface area is 146 Å². The molecule has 0 bridgehead atoms. The van der Waals surface area contributed by atoms with Crippen molar-refractivity contribution in [3.8, 4) is 6.07 Å². The number of nitriles is 1. The molecule has 128 valence electrons. The number of anilines is 1. The van der Waals surface area contributed by atoms with Crippen molar-refractivity contribution in [2.24, 2.45) is 5.92 Å². The highest BCUT2D eigenvalue weighted by atomic mass is 32.2. The second-order valence-electron chi connectivity index (χ2n) is 6.78. The molecule has 25 heavy (non-hydrogen) atoms. The van der Waals surface area contributed by atoms with Crippen LogP contribution in [0.25, 0.3) is 10.8 Å². The van der Waals surface area contributed by atoms with Gasteiger partial charge in [0.25, 0.3) is 10.0 Å². The monoisotopic (exact) mass is 355 g/mol. The van der Waals surface area contributed by atoms with Crippen LogP contribution in [0.1, 0.15) is 19.8 Å². The molecule has 1 heterocycles. The molecule has 4 rings (SSSR count). The van der Waals surface area contributed by atoms with Gasteiger partial charge in [-0.05, 0) is 43.2 Å². The van der Waals surface area contributed by atoms with Gasteiger partial charge in [-0.15, -0.1) is 0 Å². The topological polar surface area (TPSA) is 90.3 Å². The first-order chi connectivity index (χ1) is 11.9. The van der Waals surface area contributed by atoms with Crippen molar-refractivity contribution >= 4 is 32.4 Å². The molecule has 6 nitrogen and oxygen atoms in total. The van der Waals surface area contributed by atoms with E-state index in [0.29, 0.717) is 11.1 Å². The van der Waals surface area contributed by atoms with Gasteiger partial charge in [-0.2, -0.15) is 5.26 Å². The van der Waals surface area contributed by atoms with E-state index in [4.69, 9.17) is 0 Å². The molecule has 1 saturated carbocycles. The molecule has 2 aliphatic rings. The second-order valence-corrected chi connectivity index (χ2v) is 8.61. The Morgan fingerprint density at radius 2 is 2.00 bits per heavy atom. The van der Waals surface area contributed by atoms with E-state index in [-0.39, 0.29) is 17.4 Å². The first-order valence-electron chi connectivity index (χ1n) is 8.13. The van der Waals surface area contributed by atoms with Crippen LogP contribution < -0.4 is 9.62 Å². The van der Waals surface area contributed by atoms with Crippen molar-refractivity contribution in [1.82, 2.24) is 5.32 Å².